The Morgan fingerprint density at radius 1 is 1.22 bits per heavy atom. The Morgan fingerprint density at radius 3 is 2.59 bits per heavy atom. The highest BCUT2D eigenvalue weighted by molar-refractivity contribution is 5.78. The van der Waals surface area contributed by atoms with E-state index in [0.717, 1.165) is 11.3 Å². The van der Waals surface area contributed by atoms with E-state index in [4.69, 9.17) is 0 Å². The Labute approximate surface area is 156 Å². The van der Waals surface area contributed by atoms with Crippen LogP contribution in [-0.4, -0.2) is 43.2 Å². The number of carbonyl (C=O) groups is 1. The first-order valence-corrected chi connectivity index (χ1v) is 8.55. The van der Waals surface area contributed by atoms with Gasteiger partial charge in [0.2, 0.25) is 5.91 Å². The Bertz CT molecular complexity index is 1050. The largest absolute Gasteiger partial charge is 0.334 e. The second-order valence-electron chi connectivity index (χ2n) is 6.13. The molecule has 27 heavy (non-hydrogen) atoms. The summed E-state index contributed by atoms with van der Waals surface area (Å²) in [6.45, 7) is 9.95. The molecule has 3 aromatic rings. The Hall–Kier alpha value is -3.48. The number of hydrogen-bond donors (Lipinski definition) is 0. The lowest BCUT2D eigenvalue weighted by Gasteiger charge is -2.19. The molecule has 2 aromatic heterocycles. The Kier molecular flexibility index (Phi) is 5.30. The smallest absolute Gasteiger partial charge is 0.264 e. The summed E-state index contributed by atoms with van der Waals surface area (Å²) >= 11 is 0. The van der Waals surface area contributed by atoms with E-state index in [-0.39, 0.29) is 18.0 Å². The lowest BCUT2D eigenvalue weighted by Crippen LogP contribution is -2.36. The van der Waals surface area contributed by atoms with Crippen LogP contribution in [0.15, 0.2) is 66.9 Å². The summed E-state index contributed by atoms with van der Waals surface area (Å²) in [5, 5.41) is 4.69. The number of carbonyl (C=O) groups excluding carboxylic acids is 1. The molecule has 7 heteroatoms. The first kappa shape index (κ1) is 18.3. The van der Waals surface area contributed by atoms with Gasteiger partial charge < -0.3 is 4.90 Å². The first-order chi connectivity index (χ1) is 13.1. The van der Waals surface area contributed by atoms with Crippen molar-refractivity contribution in [3.8, 4) is 5.69 Å². The number of aromatic nitrogens is 4. The minimum absolute atomic E-state index is 0.0982. The highest BCUT2D eigenvalue weighted by atomic mass is 16.2. The summed E-state index contributed by atoms with van der Waals surface area (Å²) in [6.07, 6.45) is 6.15. The molecule has 0 aliphatic heterocycles. The lowest BCUT2D eigenvalue weighted by molar-refractivity contribution is -0.130. The van der Waals surface area contributed by atoms with Crippen LogP contribution in [0.25, 0.3) is 16.7 Å². The zero-order valence-corrected chi connectivity index (χ0v) is 15.2. The molecule has 0 unspecified atom stereocenters. The van der Waals surface area contributed by atoms with Gasteiger partial charge in [0.05, 0.1) is 11.9 Å². The van der Waals surface area contributed by atoms with Gasteiger partial charge in [0.15, 0.2) is 5.65 Å². The van der Waals surface area contributed by atoms with Crippen LogP contribution in [-0.2, 0) is 11.3 Å². The van der Waals surface area contributed by atoms with Crippen LogP contribution in [0.5, 0.6) is 0 Å². The fraction of sp³-hybridized carbons (Fsp3) is 0.200. The van der Waals surface area contributed by atoms with Crippen molar-refractivity contribution in [3.05, 3.63) is 78.0 Å². The molecule has 138 valence electrons. The third kappa shape index (κ3) is 3.57. The number of nitrogens with zero attached hydrogens (tertiary/aromatic N) is 5. The van der Waals surface area contributed by atoms with Crippen LogP contribution in [0, 0.1) is 6.92 Å². The van der Waals surface area contributed by atoms with E-state index in [9.17, 15) is 9.59 Å². The van der Waals surface area contributed by atoms with Crippen molar-refractivity contribution in [3.63, 3.8) is 0 Å². The van der Waals surface area contributed by atoms with Crippen molar-refractivity contribution in [2.75, 3.05) is 13.1 Å². The molecule has 0 bridgehead atoms. The van der Waals surface area contributed by atoms with Crippen molar-refractivity contribution in [2.24, 2.45) is 0 Å². The molecule has 0 atom stereocenters. The molecule has 0 fully saturated rings. The van der Waals surface area contributed by atoms with E-state index < -0.39 is 0 Å². The van der Waals surface area contributed by atoms with E-state index in [1.54, 1.807) is 21.7 Å². The molecule has 0 spiro atoms. The maximum Gasteiger partial charge on any atom is 0.264 e. The maximum absolute atomic E-state index is 12.8. The summed E-state index contributed by atoms with van der Waals surface area (Å²) < 4.78 is 2.94. The zero-order chi connectivity index (χ0) is 19.4. The van der Waals surface area contributed by atoms with Crippen LogP contribution < -0.4 is 5.56 Å². The van der Waals surface area contributed by atoms with Gasteiger partial charge in [0, 0.05) is 13.1 Å². The van der Waals surface area contributed by atoms with Gasteiger partial charge in [0.25, 0.3) is 5.56 Å². The van der Waals surface area contributed by atoms with Crippen LogP contribution in [0.3, 0.4) is 0 Å². The number of fused-ring (bicyclic) bond motifs is 1. The molecule has 0 N–H and O–H groups in total. The van der Waals surface area contributed by atoms with Crippen LogP contribution in [0.1, 0.15) is 5.56 Å². The average molecular weight is 363 g/mol. The van der Waals surface area contributed by atoms with Crippen molar-refractivity contribution < 1.29 is 4.79 Å². The summed E-state index contributed by atoms with van der Waals surface area (Å²) in [4.78, 5) is 31.2. The van der Waals surface area contributed by atoms with E-state index in [2.05, 4.69) is 23.2 Å². The topological polar surface area (TPSA) is 73.0 Å². The SMILES string of the molecule is C=CCN(CC=C)C(=O)Cn1cnc2c(cnn2-c2ccccc2C)c1=O. The Morgan fingerprint density at radius 2 is 1.93 bits per heavy atom. The zero-order valence-electron chi connectivity index (χ0n) is 15.2. The van der Waals surface area contributed by atoms with Crippen molar-refractivity contribution in [1.29, 1.82) is 0 Å². The molecule has 0 radical (unpaired) electrons. The fourth-order valence-electron chi connectivity index (χ4n) is 2.87. The molecule has 0 saturated carbocycles. The van der Waals surface area contributed by atoms with Crippen LogP contribution in [0.2, 0.25) is 0 Å². The second-order valence-corrected chi connectivity index (χ2v) is 6.13. The van der Waals surface area contributed by atoms with E-state index >= 15 is 0 Å². The van der Waals surface area contributed by atoms with Gasteiger partial charge in [-0.1, -0.05) is 30.4 Å². The van der Waals surface area contributed by atoms with Crippen molar-refractivity contribution in [1.82, 2.24) is 24.2 Å². The third-order valence-corrected chi connectivity index (χ3v) is 4.26. The molecule has 0 aliphatic rings. The maximum atomic E-state index is 12.8. The predicted octanol–water partition coefficient (Wildman–Crippen LogP) is 2.09. The summed E-state index contributed by atoms with van der Waals surface area (Å²) in [7, 11) is 0. The number of aryl methyl sites for hydroxylation is 1. The minimum atomic E-state index is -0.301. The monoisotopic (exact) mass is 363 g/mol. The standard InChI is InChI=1S/C20H21N5O2/c1-4-10-23(11-5-2)18(26)13-24-14-21-19-16(20(24)27)12-22-25(19)17-9-7-6-8-15(17)3/h4-9,12,14H,1-2,10-11,13H2,3H3. The van der Waals surface area contributed by atoms with E-state index in [1.165, 1.54) is 17.1 Å². The number of amides is 1. The lowest BCUT2D eigenvalue weighted by atomic mass is 10.2. The first-order valence-electron chi connectivity index (χ1n) is 8.55. The summed E-state index contributed by atoms with van der Waals surface area (Å²) in [6, 6.07) is 7.73. The normalized spacial score (nSPS) is 10.7. The molecule has 3 rings (SSSR count). The van der Waals surface area contributed by atoms with Gasteiger partial charge in [0.1, 0.15) is 18.3 Å². The minimum Gasteiger partial charge on any atom is -0.334 e. The second kappa shape index (κ2) is 7.82. The van der Waals surface area contributed by atoms with Crippen molar-refractivity contribution in [2.45, 2.75) is 13.5 Å². The van der Waals surface area contributed by atoms with Gasteiger partial charge in [-0.05, 0) is 18.6 Å². The molecular formula is C20H21N5O2. The van der Waals surface area contributed by atoms with E-state index in [1.807, 2.05) is 31.2 Å². The van der Waals surface area contributed by atoms with E-state index in [0.29, 0.717) is 24.1 Å². The average Bonchev–Trinajstić information content (AvgIpc) is 3.09. The van der Waals surface area contributed by atoms with Gasteiger partial charge in [-0.3, -0.25) is 14.2 Å². The Balaban J connectivity index is 1.96. The fourth-order valence-corrected chi connectivity index (χ4v) is 2.87. The molecule has 1 amide bonds. The molecule has 1 aromatic carbocycles. The number of benzene rings is 1. The molecule has 0 saturated heterocycles. The van der Waals surface area contributed by atoms with Crippen LogP contribution in [0.4, 0.5) is 0 Å². The van der Waals surface area contributed by atoms with Crippen LogP contribution >= 0.6 is 0 Å². The van der Waals surface area contributed by atoms with Gasteiger partial charge in [-0.2, -0.15) is 5.10 Å². The number of rotatable bonds is 7. The molecule has 2 heterocycles. The molecular weight excluding hydrogens is 342 g/mol. The summed E-state index contributed by atoms with van der Waals surface area (Å²) in [5.41, 5.74) is 2.04. The highest BCUT2D eigenvalue weighted by Crippen LogP contribution is 2.16. The number of hydrogen-bond acceptors (Lipinski definition) is 4. The predicted molar refractivity (Wildman–Crippen MR) is 105 cm³/mol. The van der Waals surface area contributed by atoms with Gasteiger partial charge in [-0.15, -0.1) is 13.2 Å². The van der Waals surface area contributed by atoms with Crippen molar-refractivity contribution >= 4 is 16.9 Å². The molecule has 7 nitrogen and oxygen atoms in total. The number of para-hydroxylation sites is 1. The highest BCUT2D eigenvalue weighted by Gasteiger charge is 2.16. The molecule has 0 aliphatic carbocycles. The summed E-state index contributed by atoms with van der Waals surface area (Å²) in [5.74, 6) is -0.204. The quantitative estimate of drug-likeness (QED) is 0.603. The van der Waals surface area contributed by atoms with Gasteiger partial charge in [-0.25, -0.2) is 9.67 Å². The van der Waals surface area contributed by atoms with Gasteiger partial charge >= 0.3 is 0 Å². The third-order valence-electron chi connectivity index (χ3n) is 4.26.